The van der Waals surface area contributed by atoms with Gasteiger partial charge in [-0.2, -0.15) is 0 Å². The van der Waals surface area contributed by atoms with Crippen LogP contribution >= 0.6 is 11.8 Å². The molecule has 2 aliphatic heterocycles. The highest BCUT2D eigenvalue weighted by Gasteiger charge is 2.37. The molecule has 1 amide bonds. The van der Waals surface area contributed by atoms with Gasteiger partial charge in [-0.15, -0.1) is 0 Å². The van der Waals surface area contributed by atoms with E-state index in [0.29, 0.717) is 22.0 Å². The van der Waals surface area contributed by atoms with Crippen LogP contribution in [0.5, 0.6) is 0 Å². The summed E-state index contributed by atoms with van der Waals surface area (Å²) >= 11 is 1.40. The third-order valence-corrected chi connectivity index (χ3v) is 7.25. The Morgan fingerprint density at radius 3 is 2.59 bits per heavy atom. The van der Waals surface area contributed by atoms with Crippen molar-refractivity contribution in [2.24, 2.45) is 4.99 Å². The zero-order chi connectivity index (χ0) is 23.0. The van der Waals surface area contributed by atoms with Gasteiger partial charge in [0.05, 0.1) is 10.6 Å². The van der Waals surface area contributed by atoms with Gasteiger partial charge in [0.25, 0.3) is 5.91 Å². The Hall–Kier alpha value is -2.53. The van der Waals surface area contributed by atoms with Crippen LogP contribution in [0.15, 0.2) is 52.4 Å². The topological polar surface area (TPSA) is 44.7 Å². The molecule has 2 aromatic rings. The first-order valence-electron chi connectivity index (χ1n) is 11.5. The van der Waals surface area contributed by atoms with Crippen molar-refractivity contribution in [1.82, 2.24) is 5.32 Å². The maximum atomic E-state index is 12.6. The predicted octanol–water partition coefficient (Wildman–Crippen LogP) is 6.64. The molecule has 1 N–H and O–H groups in total. The van der Waals surface area contributed by atoms with E-state index in [0.717, 1.165) is 24.1 Å². The first-order chi connectivity index (χ1) is 15.2. The van der Waals surface area contributed by atoms with Crippen LogP contribution < -0.4 is 10.2 Å². The largest absolute Gasteiger partial charge is 0.364 e. The molecule has 0 bridgehead atoms. The second kappa shape index (κ2) is 8.78. The van der Waals surface area contributed by atoms with Crippen LogP contribution in [0.1, 0.15) is 70.6 Å². The van der Waals surface area contributed by atoms with Gasteiger partial charge in [0.2, 0.25) is 0 Å². The van der Waals surface area contributed by atoms with Crippen molar-refractivity contribution < 1.29 is 4.79 Å². The molecule has 1 fully saturated rings. The number of hydrogen-bond donors (Lipinski definition) is 1. The molecule has 0 aromatic heterocycles. The van der Waals surface area contributed by atoms with Gasteiger partial charge in [-0.05, 0) is 105 Å². The Morgan fingerprint density at radius 2 is 1.94 bits per heavy atom. The monoisotopic (exact) mass is 447 g/mol. The highest BCUT2D eigenvalue weighted by Crippen LogP contribution is 2.45. The Morgan fingerprint density at radius 1 is 1.22 bits per heavy atom. The fourth-order valence-corrected chi connectivity index (χ4v) is 5.93. The van der Waals surface area contributed by atoms with E-state index in [1.165, 1.54) is 28.6 Å². The van der Waals surface area contributed by atoms with Gasteiger partial charge in [-0.3, -0.25) is 4.79 Å². The van der Waals surface area contributed by atoms with E-state index in [4.69, 9.17) is 0 Å². The lowest BCUT2D eigenvalue weighted by atomic mass is 9.79. The summed E-state index contributed by atoms with van der Waals surface area (Å²) < 4.78 is 0. The fraction of sp³-hybridized carbons (Fsp3) is 0.407. The standard InChI is InChI=1S/C27H33N3OS/c1-7-19-8-11-21(12-9-19)28-26-29-25(31)24(32-26)15-20-10-13-23-22(14-20)18(4)16-27(5,6)30(23)17(2)3/h8-15,17-18H,7,16H2,1-6H3,(H,28,29,31)/b24-15-. The Balaban J connectivity index is 1.60. The Labute approximate surface area is 196 Å². The molecule has 0 saturated carbocycles. The van der Waals surface area contributed by atoms with Gasteiger partial charge in [0.15, 0.2) is 5.17 Å². The number of amidine groups is 1. The summed E-state index contributed by atoms with van der Waals surface area (Å²) in [6.07, 6.45) is 4.09. The molecule has 1 atom stereocenters. The summed E-state index contributed by atoms with van der Waals surface area (Å²) in [5.41, 5.74) is 5.99. The SMILES string of the molecule is CCc1ccc(N=C2NC(=O)/C(=C/c3ccc4c(c3)C(C)CC(C)(C)N4C(C)C)S2)cc1. The molecule has 1 unspecified atom stereocenters. The zero-order valence-electron chi connectivity index (χ0n) is 19.9. The van der Waals surface area contributed by atoms with E-state index >= 15 is 0 Å². The summed E-state index contributed by atoms with van der Waals surface area (Å²) in [5.74, 6) is 0.385. The van der Waals surface area contributed by atoms with Crippen LogP contribution in [-0.4, -0.2) is 22.7 Å². The lowest BCUT2D eigenvalue weighted by Gasteiger charge is -2.50. The van der Waals surface area contributed by atoms with Crippen LogP contribution in [0.3, 0.4) is 0 Å². The van der Waals surface area contributed by atoms with Gasteiger partial charge >= 0.3 is 0 Å². The number of carbonyl (C=O) groups excluding carboxylic acids is 1. The third-order valence-electron chi connectivity index (χ3n) is 6.34. The van der Waals surface area contributed by atoms with Crippen LogP contribution in [0.25, 0.3) is 6.08 Å². The maximum absolute atomic E-state index is 12.6. The van der Waals surface area contributed by atoms with E-state index in [2.05, 4.69) is 87.1 Å². The van der Waals surface area contributed by atoms with Gasteiger partial charge in [0.1, 0.15) is 0 Å². The van der Waals surface area contributed by atoms with Gasteiger partial charge < -0.3 is 10.2 Å². The molecule has 5 heteroatoms. The molecular formula is C27H33N3OS. The number of rotatable bonds is 4. The number of nitrogens with one attached hydrogen (secondary N) is 1. The van der Waals surface area contributed by atoms with E-state index in [1.807, 2.05) is 18.2 Å². The molecule has 2 aromatic carbocycles. The van der Waals surface area contributed by atoms with E-state index in [1.54, 1.807) is 0 Å². The Kier molecular flexibility index (Phi) is 6.22. The molecule has 4 nitrogen and oxygen atoms in total. The molecule has 0 radical (unpaired) electrons. The van der Waals surface area contributed by atoms with Crippen LogP contribution in [-0.2, 0) is 11.2 Å². The van der Waals surface area contributed by atoms with Crippen LogP contribution in [0.4, 0.5) is 11.4 Å². The van der Waals surface area contributed by atoms with Crippen molar-refractivity contribution in [1.29, 1.82) is 0 Å². The van der Waals surface area contributed by atoms with Gasteiger partial charge in [-0.25, -0.2) is 4.99 Å². The lowest BCUT2D eigenvalue weighted by Crippen LogP contribution is -2.51. The number of hydrogen-bond acceptors (Lipinski definition) is 4. The number of amides is 1. The summed E-state index contributed by atoms with van der Waals surface area (Å²) in [4.78, 5) is 20.4. The van der Waals surface area contributed by atoms with E-state index < -0.39 is 0 Å². The molecule has 4 rings (SSSR count). The number of aryl methyl sites for hydroxylation is 1. The summed E-state index contributed by atoms with van der Waals surface area (Å²) in [7, 11) is 0. The molecule has 1 saturated heterocycles. The molecular weight excluding hydrogens is 414 g/mol. The Bertz CT molecular complexity index is 1080. The molecule has 32 heavy (non-hydrogen) atoms. The summed E-state index contributed by atoms with van der Waals surface area (Å²) in [6, 6.07) is 15.2. The number of fused-ring (bicyclic) bond motifs is 1. The molecule has 2 heterocycles. The van der Waals surface area contributed by atoms with Crippen molar-refractivity contribution in [2.45, 2.75) is 71.9 Å². The van der Waals surface area contributed by atoms with Crippen molar-refractivity contribution in [3.8, 4) is 0 Å². The third kappa shape index (κ3) is 4.49. The van der Waals surface area contributed by atoms with Gasteiger partial charge in [-0.1, -0.05) is 32.0 Å². The number of carbonyl (C=O) groups is 1. The fourth-order valence-electron chi connectivity index (χ4n) is 5.09. The predicted molar refractivity (Wildman–Crippen MR) is 138 cm³/mol. The molecule has 168 valence electrons. The van der Waals surface area contributed by atoms with Crippen LogP contribution in [0, 0.1) is 0 Å². The second-order valence-corrected chi connectivity index (χ2v) is 10.7. The second-order valence-electron chi connectivity index (χ2n) is 9.70. The smallest absolute Gasteiger partial charge is 0.264 e. The number of aliphatic imine (C=N–C) groups is 1. The maximum Gasteiger partial charge on any atom is 0.264 e. The number of thioether (sulfide) groups is 1. The number of anilines is 1. The molecule has 0 spiro atoms. The minimum absolute atomic E-state index is 0.0883. The molecule has 0 aliphatic carbocycles. The van der Waals surface area contributed by atoms with Crippen molar-refractivity contribution in [3.05, 3.63) is 64.1 Å². The quantitative estimate of drug-likeness (QED) is 0.534. The summed E-state index contributed by atoms with van der Waals surface area (Å²) in [6.45, 7) is 13.6. The van der Waals surface area contributed by atoms with Crippen molar-refractivity contribution in [3.63, 3.8) is 0 Å². The van der Waals surface area contributed by atoms with Gasteiger partial charge in [0, 0.05) is 17.3 Å². The average molecular weight is 448 g/mol. The first kappa shape index (κ1) is 22.7. The average Bonchev–Trinajstić information content (AvgIpc) is 3.06. The molecule has 2 aliphatic rings. The first-order valence-corrected chi connectivity index (χ1v) is 12.3. The minimum atomic E-state index is -0.0883. The minimum Gasteiger partial charge on any atom is -0.364 e. The van der Waals surface area contributed by atoms with E-state index in [9.17, 15) is 4.79 Å². The van der Waals surface area contributed by atoms with Crippen LogP contribution in [0.2, 0.25) is 0 Å². The van der Waals surface area contributed by atoms with Crippen molar-refractivity contribution >= 4 is 40.3 Å². The highest BCUT2D eigenvalue weighted by molar-refractivity contribution is 8.18. The number of nitrogens with zero attached hydrogens (tertiary/aromatic N) is 2. The summed E-state index contributed by atoms with van der Waals surface area (Å²) in [5, 5.41) is 3.53. The highest BCUT2D eigenvalue weighted by atomic mass is 32.2. The lowest BCUT2D eigenvalue weighted by molar-refractivity contribution is -0.115. The van der Waals surface area contributed by atoms with E-state index in [-0.39, 0.29) is 11.4 Å². The normalized spacial score (nSPS) is 22.5. The zero-order valence-corrected chi connectivity index (χ0v) is 20.7. The number of benzene rings is 2. The van der Waals surface area contributed by atoms with Crippen molar-refractivity contribution in [2.75, 3.05) is 4.90 Å².